The van der Waals surface area contributed by atoms with Crippen molar-refractivity contribution in [2.24, 2.45) is 5.92 Å². The van der Waals surface area contributed by atoms with Gasteiger partial charge in [-0.15, -0.1) is 11.3 Å². The maximum absolute atomic E-state index is 12.4. The summed E-state index contributed by atoms with van der Waals surface area (Å²) in [7, 11) is 0. The zero-order valence-electron chi connectivity index (χ0n) is 14.2. The van der Waals surface area contributed by atoms with Crippen molar-refractivity contribution in [3.8, 4) is 10.6 Å². The molecular formula is C20H16ClN3O2S. The fraction of sp³-hybridized carbons (Fsp3) is 0.150. The van der Waals surface area contributed by atoms with Crippen molar-refractivity contribution in [2.75, 3.05) is 10.6 Å². The summed E-state index contributed by atoms with van der Waals surface area (Å²) in [5, 5.41) is 8.83. The molecule has 0 unspecified atom stereocenters. The first-order valence-corrected chi connectivity index (χ1v) is 9.78. The van der Waals surface area contributed by atoms with Crippen LogP contribution in [0, 0.1) is 5.92 Å². The van der Waals surface area contributed by atoms with E-state index < -0.39 is 0 Å². The quantitative estimate of drug-likeness (QED) is 0.631. The zero-order valence-corrected chi connectivity index (χ0v) is 15.8. The number of halogens is 1. The largest absolute Gasteiger partial charge is 0.326 e. The predicted octanol–water partition coefficient (Wildman–Crippen LogP) is 5.06. The van der Waals surface area contributed by atoms with Crippen LogP contribution in [0.5, 0.6) is 0 Å². The Bertz CT molecular complexity index is 979. The average Bonchev–Trinajstić information content (AvgIpc) is 3.41. The van der Waals surface area contributed by atoms with Gasteiger partial charge in [0.2, 0.25) is 5.91 Å². The highest BCUT2D eigenvalue weighted by Crippen LogP contribution is 2.30. The van der Waals surface area contributed by atoms with E-state index in [1.54, 1.807) is 41.8 Å². The number of benzene rings is 2. The Labute approximate surface area is 165 Å². The fourth-order valence-electron chi connectivity index (χ4n) is 2.52. The van der Waals surface area contributed by atoms with Gasteiger partial charge < -0.3 is 10.6 Å². The molecular weight excluding hydrogens is 382 g/mol. The number of thiazole rings is 1. The number of nitrogens with one attached hydrogen (secondary N) is 2. The SMILES string of the molecule is O=C(Nc1ccc(NC(=O)C2CC2)cc1)c1csc(-c2ccc(Cl)cc2)n1. The third-order valence-corrected chi connectivity index (χ3v) is 5.33. The summed E-state index contributed by atoms with van der Waals surface area (Å²) in [5.41, 5.74) is 2.64. The highest BCUT2D eigenvalue weighted by atomic mass is 35.5. The van der Waals surface area contributed by atoms with Crippen LogP contribution in [-0.2, 0) is 4.79 Å². The van der Waals surface area contributed by atoms with Gasteiger partial charge in [0.15, 0.2) is 0 Å². The van der Waals surface area contributed by atoms with Gasteiger partial charge in [0, 0.05) is 33.3 Å². The summed E-state index contributed by atoms with van der Waals surface area (Å²) in [6.45, 7) is 0. The molecule has 1 aliphatic carbocycles. The van der Waals surface area contributed by atoms with Gasteiger partial charge in [-0.05, 0) is 49.2 Å². The first-order chi connectivity index (χ1) is 13.1. The number of amides is 2. The molecule has 0 saturated heterocycles. The van der Waals surface area contributed by atoms with Crippen LogP contribution in [0.25, 0.3) is 10.6 Å². The minimum absolute atomic E-state index is 0.0592. The first-order valence-electron chi connectivity index (χ1n) is 8.52. The van der Waals surface area contributed by atoms with Crippen LogP contribution in [0.1, 0.15) is 23.3 Å². The van der Waals surface area contributed by atoms with E-state index in [0.717, 1.165) is 29.1 Å². The zero-order chi connectivity index (χ0) is 18.8. The Morgan fingerprint density at radius 3 is 2.22 bits per heavy atom. The number of carbonyl (C=O) groups excluding carboxylic acids is 2. The maximum atomic E-state index is 12.4. The number of hydrogen-bond donors (Lipinski definition) is 2. The average molecular weight is 398 g/mol. The summed E-state index contributed by atoms with van der Waals surface area (Å²) in [6, 6.07) is 14.4. The monoisotopic (exact) mass is 397 g/mol. The van der Waals surface area contributed by atoms with Crippen LogP contribution in [0.4, 0.5) is 11.4 Å². The van der Waals surface area contributed by atoms with Crippen LogP contribution in [-0.4, -0.2) is 16.8 Å². The highest BCUT2D eigenvalue weighted by Gasteiger charge is 2.29. The number of hydrogen-bond acceptors (Lipinski definition) is 4. The molecule has 1 aromatic heterocycles. The molecule has 1 aliphatic rings. The second kappa shape index (κ2) is 7.50. The molecule has 0 spiro atoms. The number of aromatic nitrogens is 1. The Balaban J connectivity index is 1.40. The smallest absolute Gasteiger partial charge is 0.275 e. The Morgan fingerprint density at radius 1 is 0.963 bits per heavy atom. The number of rotatable bonds is 5. The van der Waals surface area contributed by atoms with E-state index in [0.29, 0.717) is 16.4 Å². The lowest BCUT2D eigenvalue weighted by Crippen LogP contribution is -2.14. The molecule has 7 heteroatoms. The summed E-state index contributed by atoms with van der Waals surface area (Å²) in [6.07, 6.45) is 1.93. The Hall–Kier alpha value is -2.70. The number of anilines is 2. The molecule has 4 rings (SSSR count). The van der Waals surface area contributed by atoms with Gasteiger partial charge in [0.1, 0.15) is 10.7 Å². The predicted molar refractivity (Wildman–Crippen MR) is 108 cm³/mol. The van der Waals surface area contributed by atoms with Gasteiger partial charge in [-0.3, -0.25) is 9.59 Å². The Kier molecular flexibility index (Phi) is 4.92. The topological polar surface area (TPSA) is 71.1 Å². The maximum Gasteiger partial charge on any atom is 0.275 e. The van der Waals surface area contributed by atoms with Gasteiger partial charge in [0.25, 0.3) is 5.91 Å². The number of carbonyl (C=O) groups is 2. The Morgan fingerprint density at radius 2 is 1.59 bits per heavy atom. The van der Waals surface area contributed by atoms with Gasteiger partial charge in [0.05, 0.1) is 0 Å². The van der Waals surface area contributed by atoms with Crippen LogP contribution in [0.3, 0.4) is 0 Å². The molecule has 5 nitrogen and oxygen atoms in total. The van der Waals surface area contributed by atoms with Crippen molar-refractivity contribution in [2.45, 2.75) is 12.8 Å². The molecule has 1 heterocycles. The van der Waals surface area contributed by atoms with Crippen molar-refractivity contribution in [1.82, 2.24) is 4.98 Å². The molecule has 136 valence electrons. The molecule has 2 aromatic carbocycles. The van der Waals surface area contributed by atoms with Crippen molar-refractivity contribution in [3.05, 3.63) is 64.6 Å². The lowest BCUT2D eigenvalue weighted by Gasteiger charge is -2.06. The van der Waals surface area contributed by atoms with E-state index in [1.165, 1.54) is 11.3 Å². The van der Waals surface area contributed by atoms with Crippen molar-refractivity contribution in [1.29, 1.82) is 0 Å². The van der Waals surface area contributed by atoms with Gasteiger partial charge in [-0.2, -0.15) is 0 Å². The lowest BCUT2D eigenvalue weighted by atomic mass is 10.2. The first kappa shape index (κ1) is 17.7. The van der Waals surface area contributed by atoms with Crippen molar-refractivity contribution >= 4 is 46.1 Å². The van der Waals surface area contributed by atoms with Crippen LogP contribution in [0.15, 0.2) is 53.9 Å². The molecule has 1 saturated carbocycles. The normalized spacial score (nSPS) is 13.2. The van der Waals surface area contributed by atoms with E-state index in [-0.39, 0.29) is 17.7 Å². The van der Waals surface area contributed by atoms with Crippen molar-refractivity contribution < 1.29 is 9.59 Å². The third kappa shape index (κ3) is 4.35. The van der Waals surface area contributed by atoms with Crippen LogP contribution >= 0.6 is 22.9 Å². The third-order valence-electron chi connectivity index (χ3n) is 4.19. The van der Waals surface area contributed by atoms with E-state index in [1.807, 2.05) is 12.1 Å². The molecule has 2 amide bonds. The second-order valence-corrected chi connectivity index (χ2v) is 7.63. The van der Waals surface area contributed by atoms with Gasteiger partial charge in [-0.25, -0.2) is 4.98 Å². The molecule has 1 fully saturated rings. The lowest BCUT2D eigenvalue weighted by molar-refractivity contribution is -0.117. The van der Waals surface area contributed by atoms with E-state index in [9.17, 15) is 9.59 Å². The van der Waals surface area contributed by atoms with E-state index >= 15 is 0 Å². The van der Waals surface area contributed by atoms with E-state index in [2.05, 4.69) is 15.6 Å². The van der Waals surface area contributed by atoms with Crippen LogP contribution < -0.4 is 10.6 Å². The molecule has 3 aromatic rings. The second-order valence-electron chi connectivity index (χ2n) is 6.34. The van der Waals surface area contributed by atoms with Gasteiger partial charge in [-0.1, -0.05) is 23.7 Å². The summed E-state index contributed by atoms with van der Waals surface area (Å²) in [4.78, 5) is 28.6. The highest BCUT2D eigenvalue weighted by molar-refractivity contribution is 7.13. The summed E-state index contributed by atoms with van der Waals surface area (Å²) >= 11 is 7.30. The number of nitrogens with zero attached hydrogens (tertiary/aromatic N) is 1. The molecule has 0 bridgehead atoms. The molecule has 0 aliphatic heterocycles. The van der Waals surface area contributed by atoms with Crippen molar-refractivity contribution in [3.63, 3.8) is 0 Å². The molecule has 0 radical (unpaired) electrons. The minimum atomic E-state index is -0.277. The molecule has 2 N–H and O–H groups in total. The fourth-order valence-corrected chi connectivity index (χ4v) is 3.46. The molecule has 0 atom stereocenters. The standard InChI is InChI=1S/C20H16ClN3O2S/c21-14-5-3-13(4-6-14)20-24-17(11-27-20)19(26)23-16-9-7-15(8-10-16)22-18(25)12-1-2-12/h3-12H,1-2H2,(H,22,25)(H,23,26). The summed E-state index contributed by atoms with van der Waals surface area (Å²) < 4.78 is 0. The molecule has 27 heavy (non-hydrogen) atoms. The van der Waals surface area contributed by atoms with Crippen LogP contribution in [0.2, 0.25) is 5.02 Å². The summed E-state index contributed by atoms with van der Waals surface area (Å²) in [5.74, 6) is -0.0610. The van der Waals surface area contributed by atoms with E-state index in [4.69, 9.17) is 11.6 Å². The van der Waals surface area contributed by atoms with Gasteiger partial charge >= 0.3 is 0 Å². The minimum Gasteiger partial charge on any atom is -0.326 e.